The van der Waals surface area contributed by atoms with E-state index in [0.717, 1.165) is 5.56 Å². The van der Waals surface area contributed by atoms with Crippen LogP contribution < -0.4 is 36.6 Å². The fourth-order valence-electron chi connectivity index (χ4n) is 8.12. The van der Waals surface area contributed by atoms with Crippen molar-refractivity contribution in [1.29, 1.82) is 0 Å². The van der Waals surface area contributed by atoms with Gasteiger partial charge in [0.25, 0.3) is 5.91 Å². The molecule has 0 aromatic heterocycles. The molecule has 0 saturated heterocycles. The van der Waals surface area contributed by atoms with Crippen molar-refractivity contribution in [2.45, 2.75) is 183 Å². The first kappa shape index (κ1) is 71.4. The number of hydrogen-bond acceptors (Lipinski definition) is 16. The summed E-state index contributed by atoms with van der Waals surface area (Å²) in [5, 5.41) is 16.4. The van der Waals surface area contributed by atoms with Gasteiger partial charge in [0.2, 0.25) is 30.6 Å². The third-order valence-corrected chi connectivity index (χ3v) is 17.9. The van der Waals surface area contributed by atoms with Crippen molar-refractivity contribution in [3.8, 4) is 5.75 Å². The van der Waals surface area contributed by atoms with Crippen LogP contribution in [0.1, 0.15) is 146 Å². The maximum absolute atomic E-state index is 13.7. The van der Waals surface area contributed by atoms with Gasteiger partial charge >= 0.3 is 25.6 Å². The largest absolute Gasteiger partial charge is 0.484 e. The number of hydrogen-bond donors (Lipinski definition) is 6. The van der Waals surface area contributed by atoms with Crippen LogP contribution >= 0.6 is 15.0 Å². The van der Waals surface area contributed by atoms with E-state index in [1.54, 1.807) is 93.5 Å². The van der Waals surface area contributed by atoms with E-state index < -0.39 is 110 Å². The van der Waals surface area contributed by atoms with E-state index in [9.17, 15) is 47.5 Å². The Labute approximate surface area is 479 Å². The van der Waals surface area contributed by atoms with Gasteiger partial charge in [-0.2, -0.15) is 0 Å². The monoisotopic (exact) mass is 1180 g/mol. The van der Waals surface area contributed by atoms with Gasteiger partial charge in [0.15, 0.2) is 6.61 Å². The number of benzene rings is 2. The number of amides is 6. The molecule has 81 heavy (non-hydrogen) atoms. The fourth-order valence-corrected chi connectivity index (χ4v) is 13.2. The molecule has 0 spiro atoms. The van der Waals surface area contributed by atoms with E-state index in [1.807, 2.05) is 51.1 Å². The molecule has 0 radical (unpaired) electrons. The van der Waals surface area contributed by atoms with Gasteiger partial charge in [-0.05, 0) is 123 Å². The molecule has 456 valence electrons. The molecule has 0 aliphatic rings. The Hall–Kier alpha value is -5.66. The van der Waals surface area contributed by atoms with E-state index >= 15 is 0 Å². The minimum absolute atomic E-state index is 0.0107. The molecule has 2 rings (SSSR count). The summed E-state index contributed by atoms with van der Waals surface area (Å²) in [6.45, 7) is 22.9. The molecule has 2 aromatic carbocycles. The molecule has 0 fully saturated rings. The second-order valence-electron chi connectivity index (χ2n) is 22.6. The summed E-state index contributed by atoms with van der Waals surface area (Å²) in [6, 6.07) is 12.7. The van der Waals surface area contributed by atoms with Crippen molar-refractivity contribution in [2.24, 2.45) is 11.3 Å². The Kier molecular flexibility index (Phi) is 30.0. The number of Topliss-reactive ketones (excluding diaryl/α,β-unsaturated/α-hetero) is 1. The van der Waals surface area contributed by atoms with E-state index in [4.69, 9.17) is 27.8 Å². The SMILES string of the molecule is CCOP(C)(=O)C(NC(=O)CNC(=O)[C@@H](CC(=O)CC)Cc1ccc(OCC(=O)N[C@@H](Cc2ccccc2)C(=O)NCCCC[C@H](NC(=O)N[C@@H](CCC(=O)OC(C)(C)C)C(=O)OC(C)(C)C)C(C)(C)C)cc1)P(=O)(OCC)OCC. The lowest BCUT2D eigenvalue weighted by Gasteiger charge is -2.32. The summed E-state index contributed by atoms with van der Waals surface area (Å²) in [4.78, 5) is 105. The molecular weight excluding hydrogens is 1090 g/mol. The van der Waals surface area contributed by atoms with Crippen LogP contribution in [0.5, 0.6) is 5.75 Å². The number of esters is 2. The fraction of sp³-hybridized carbons (Fsp3) is 0.649. The van der Waals surface area contributed by atoms with Crippen LogP contribution in [-0.2, 0) is 78.6 Å². The Morgan fingerprint density at radius 2 is 1.20 bits per heavy atom. The van der Waals surface area contributed by atoms with Gasteiger partial charge < -0.3 is 59.7 Å². The predicted octanol–water partition coefficient (Wildman–Crippen LogP) is 7.88. The highest BCUT2D eigenvalue weighted by Crippen LogP contribution is 2.67. The maximum atomic E-state index is 13.7. The topological polar surface area (TPSA) is 298 Å². The first-order valence-electron chi connectivity index (χ1n) is 27.8. The third-order valence-electron chi connectivity index (χ3n) is 12.0. The van der Waals surface area contributed by atoms with E-state index in [-0.39, 0.29) is 76.7 Å². The van der Waals surface area contributed by atoms with Crippen LogP contribution in [0.15, 0.2) is 54.6 Å². The summed E-state index contributed by atoms with van der Waals surface area (Å²) in [7, 11) is -8.00. The van der Waals surface area contributed by atoms with Crippen LogP contribution in [0.25, 0.3) is 0 Å². The van der Waals surface area contributed by atoms with Crippen LogP contribution in [0.2, 0.25) is 0 Å². The third kappa shape index (κ3) is 28.3. The standard InChI is InChI=1S/C57H92N6O16P2/c1-15-42(64)36-41(50(68)59-37-47(65)63-54(80(14,72)75-16-2)81(73,76-17-3)77-18-4)34-40-27-29-43(30-28-40)74-38-48(66)60-45(35-39-24-20-19-21-25-39)51(69)58-33-23-22-26-46(55(5,6)7)62-53(71)61-44(52(70)79-57(11,12)13)31-32-49(67)78-56(8,9)10/h19-21,24-25,27-30,41,44-46,54H,15-18,22-23,26,31-38H2,1-14H3,(H,58,69)(H,59,68)(H,60,66)(H,63,65)(H2,61,62,71)/t41-,44+,45+,46+,54?,80?/m1/s1. The van der Waals surface area contributed by atoms with Crippen molar-refractivity contribution < 1.29 is 75.3 Å². The molecule has 0 saturated carbocycles. The molecule has 0 aliphatic heterocycles. The van der Waals surface area contributed by atoms with Crippen LogP contribution in [0.3, 0.4) is 0 Å². The van der Waals surface area contributed by atoms with Gasteiger partial charge in [-0.25, -0.2) is 9.59 Å². The number of carbonyl (C=O) groups is 8. The summed E-state index contributed by atoms with van der Waals surface area (Å²) in [5.74, 6) is -4.37. The van der Waals surface area contributed by atoms with Crippen molar-refractivity contribution in [1.82, 2.24) is 31.9 Å². The number of ketones is 1. The van der Waals surface area contributed by atoms with E-state index in [1.165, 1.54) is 6.66 Å². The molecule has 24 heteroatoms. The Morgan fingerprint density at radius 3 is 1.75 bits per heavy atom. The zero-order chi connectivity index (χ0) is 61.2. The number of unbranched alkanes of at least 4 members (excludes halogenated alkanes) is 1. The second-order valence-corrected chi connectivity index (χ2v) is 27.7. The Bertz CT molecular complexity index is 2450. The highest BCUT2D eigenvalue weighted by Gasteiger charge is 2.48. The molecule has 6 amide bonds. The number of rotatable bonds is 35. The highest BCUT2D eigenvalue weighted by molar-refractivity contribution is 7.74. The van der Waals surface area contributed by atoms with E-state index in [2.05, 4.69) is 31.9 Å². The molecule has 22 nitrogen and oxygen atoms in total. The smallest absolute Gasteiger partial charge is 0.362 e. The van der Waals surface area contributed by atoms with Crippen molar-refractivity contribution in [2.75, 3.05) is 46.2 Å². The van der Waals surface area contributed by atoms with Gasteiger partial charge in [0.05, 0.1) is 26.4 Å². The molecule has 0 bridgehead atoms. The van der Waals surface area contributed by atoms with Crippen molar-refractivity contribution in [3.05, 3.63) is 65.7 Å². The number of carbonyl (C=O) groups excluding carboxylic acids is 8. The normalized spacial score (nSPS) is 14.5. The van der Waals surface area contributed by atoms with Crippen molar-refractivity contribution in [3.63, 3.8) is 0 Å². The summed E-state index contributed by atoms with van der Waals surface area (Å²) in [5.41, 5.74) is -2.14. The molecular formula is C57H92N6O16P2. The summed E-state index contributed by atoms with van der Waals surface area (Å²) >= 11 is 0. The van der Waals surface area contributed by atoms with Gasteiger partial charge in [0, 0.05) is 50.9 Å². The first-order chi connectivity index (χ1) is 37.7. The molecule has 2 unspecified atom stereocenters. The number of urea groups is 1. The highest BCUT2D eigenvalue weighted by atomic mass is 31.2. The van der Waals surface area contributed by atoms with Crippen molar-refractivity contribution >= 4 is 62.3 Å². The molecule has 0 heterocycles. The van der Waals surface area contributed by atoms with Gasteiger partial charge in [-0.1, -0.05) is 70.2 Å². The maximum Gasteiger partial charge on any atom is 0.362 e. The summed E-state index contributed by atoms with van der Waals surface area (Å²) in [6.07, 6.45) is 1.85. The van der Waals surface area contributed by atoms with Crippen LogP contribution in [0.4, 0.5) is 4.79 Å². The van der Waals surface area contributed by atoms with Gasteiger partial charge in [0.1, 0.15) is 34.8 Å². The predicted molar refractivity (Wildman–Crippen MR) is 309 cm³/mol. The van der Waals surface area contributed by atoms with Gasteiger partial charge in [-0.15, -0.1) is 0 Å². The average Bonchev–Trinajstić information content (AvgIpc) is 3.36. The second kappa shape index (κ2) is 34.1. The van der Waals surface area contributed by atoms with Crippen LogP contribution in [0, 0.1) is 11.3 Å². The number of nitrogens with one attached hydrogen (secondary N) is 6. The molecule has 6 atom stereocenters. The Morgan fingerprint density at radius 1 is 0.605 bits per heavy atom. The number of ether oxygens (including phenoxy) is 3. The summed E-state index contributed by atoms with van der Waals surface area (Å²) < 4.78 is 60.1. The lowest BCUT2D eigenvalue weighted by atomic mass is 9.84. The lowest BCUT2D eigenvalue weighted by Crippen LogP contribution is -2.53. The zero-order valence-electron chi connectivity index (χ0n) is 50.1. The minimum Gasteiger partial charge on any atom is -0.484 e. The molecule has 2 aromatic rings. The lowest BCUT2D eigenvalue weighted by molar-refractivity contribution is -0.158. The van der Waals surface area contributed by atoms with Gasteiger partial charge in [-0.3, -0.25) is 37.9 Å². The van der Waals surface area contributed by atoms with E-state index in [0.29, 0.717) is 30.6 Å². The molecule has 6 N–H and O–H groups in total. The molecule has 0 aliphatic carbocycles. The quantitative estimate of drug-likeness (QED) is 0.0217. The van der Waals surface area contributed by atoms with Crippen LogP contribution in [-0.4, -0.2) is 128 Å². The average molecular weight is 1180 g/mol. The minimum atomic E-state index is -4.19. The first-order valence-corrected chi connectivity index (χ1v) is 31.5. The zero-order valence-corrected chi connectivity index (χ0v) is 51.9. The Balaban J connectivity index is 2.07.